The maximum Gasteiger partial charge on any atom is 0.236 e. The zero-order valence-electron chi connectivity index (χ0n) is 13.2. The fourth-order valence-electron chi connectivity index (χ4n) is 4.44. The van der Waals surface area contributed by atoms with Gasteiger partial charge in [-0.15, -0.1) is 0 Å². The Hall–Kier alpha value is -0.570. The molecule has 4 atom stereocenters. The van der Waals surface area contributed by atoms with E-state index in [2.05, 4.69) is 38.3 Å². The van der Waals surface area contributed by atoms with Gasteiger partial charge in [-0.25, -0.2) is 0 Å². The van der Waals surface area contributed by atoms with Gasteiger partial charge < -0.3 is 10.6 Å². The predicted molar refractivity (Wildman–Crippen MR) is 78.9 cm³/mol. The van der Waals surface area contributed by atoms with Gasteiger partial charge in [-0.2, -0.15) is 0 Å². The minimum atomic E-state index is -0.0907. The Labute approximate surface area is 117 Å². The molecule has 0 radical (unpaired) electrons. The van der Waals surface area contributed by atoms with Crippen molar-refractivity contribution in [2.75, 3.05) is 6.54 Å². The van der Waals surface area contributed by atoms with Gasteiger partial charge in [0.2, 0.25) is 5.91 Å². The van der Waals surface area contributed by atoms with Gasteiger partial charge in [0.25, 0.3) is 0 Å². The summed E-state index contributed by atoms with van der Waals surface area (Å²) in [4.78, 5) is 12.0. The molecule has 0 aromatic heterocycles. The van der Waals surface area contributed by atoms with Crippen molar-refractivity contribution in [3.05, 3.63) is 0 Å². The number of carbonyl (C=O) groups is 1. The van der Waals surface area contributed by atoms with Gasteiger partial charge in [0.1, 0.15) is 0 Å². The Kier molecular flexibility index (Phi) is 3.97. The van der Waals surface area contributed by atoms with E-state index in [9.17, 15) is 4.79 Å². The number of hydrogen-bond acceptors (Lipinski definition) is 2. The van der Waals surface area contributed by atoms with Crippen LogP contribution in [-0.2, 0) is 4.79 Å². The summed E-state index contributed by atoms with van der Waals surface area (Å²) in [6, 6.07) is 0.369. The van der Waals surface area contributed by atoms with Crippen LogP contribution < -0.4 is 10.6 Å². The zero-order valence-corrected chi connectivity index (χ0v) is 13.2. The van der Waals surface area contributed by atoms with E-state index in [4.69, 9.17) is 0 Å². The lowest BCUT2D eigenvalue weighted by molar-refractivity contribution is -0.123. The van der Waals surface area contributed by atoms with Crippen LogP contribution in [0.25, 0.3) is 0 Å². The third-order valence-corrected chi connectivity index (χ3v) is 5.63. The molecule has 3 nitrogen and oxygen atoms in total. The molecule has 2 unspecified atom stereocenters. The quantitative estimate of drug-likeness (QED) is 0.803. The van der Waals surface area contributed by atoms with Crippen LogP contribution in [-0.4, -0.2) is 24.5 Å². The molecular weight excluding hydrogens is 236 g/mol. The lowest BCUT2D eigenvalue weighted by Gasteiger charge is -2.44. The molecule has 2 rings (SSSR count). The number of carbonyl (C=O) groups excluding carboxylic acids is 1. The summed E-state index contributed by atoms with van der Waals surface area (Å²) in [5.41, 5.74) is 0.694. The second-order valence-corrected chi connectivity index (χ2v) is 7.53. The monoisotopic (exact) mass is 266 g/mol. The first kappa shape index (κ1) is 14.8. The summed E-state index contributed by atoms with van der Waals surface area (Å²) in [5.74, 6) is 0.963. The number of nitrogens with one attached hydrogen (secondary N) is 2. The molecule has 0 aliphatic heterocycles. The molecule has 0 spiro atoms. The summed E-state index contributed by atoms with van der Waals surface area (Å²) in [6.45, 7) is 12.0. The molecule has 1 amide bonds. The van der Waals surface area contributed by atoms with Gasteiger partial charge in [0.15, 0.2) is 0 Å². The van der Waals surface area contributed by atoms with Crippen LogP contribution in [0.2, 0.25) is 0 Å². The van der Waals surface area contributed by atoms with Crippen molar-refractivity contribution in [3.63, 3.8) is 0 Å². The van der Waals surface area contributed by atoms with Crippen LogP contribution in [0, 0.1) is 16.7 Å². The van der Waals surface area contributed by atoms with Gasteiger partial charge in [0.05, 0.1) is 6.04 Å². The maximum absolute atomic E-state index is 12.0. The van der Waals surface area contributed by atoms with Gasteiger partial charge in [-0.1, -0.05) is 27.7 Å². The summed E-state index contributed by atoms with van der Waals surface area (Å²) in [5, 5.41) is 6.63. The SMILES string of the molecule is CCCNC(=O)C(C)NC1C(C)(C)[C@H]2CC[C@]1(C)C2. The van der Waals surface area contributed by atoms with Gasteiger partial charge >= 0.3 is 0 Å². The smallest absolute Gasteiger partial charge is 0.236 e. The van der Waals surface area contributed by atoms with Crippen molar-refractivity contribution in [1.29, 1.82) is 0 Å². The molecule has 110 valence electrons. The summed E-state index contributed by atoms with van der Waals surface area (Å²) >= 11 is 0. The molecule has 0 heterocycles. The molecule has 0 aromatic carbocycles. The summed E-state index contributed by atoms with van der Waals surface area (Å²) in [6.07, 6.45) is 4.98. The first-order valence-corrected chi connectivity index (χ1v) is 7.85. The second-order valence-electron chi connectivity index (χ2n) is 7.53. The van der Waals surface area contributed by atoms with Crippen molar-refractivity contribution in [2.45, 2.75) is 72.4 Å². The standard InChI is InChI=1S/C16H30N2O/c1-6-9-17-13(19)11(2)18-14-15(3,4)12-7-8-16(14,5)10-12/h11-12,14,18H,6-10H2,1-5H3,(H,17,19)/t11?,12-,14?,16+/m0/s1. The Balaban J connectivity index is 2.00. The number of fused-ring (bicyclic) bond motifs is 2. The largest absolute Gasteiger partial charge is 0.355 e. The predicted octanol–water partition coefficient (Wildman–Crippen LogP) is 2.71. The highest BCUT2D eigenvalue weighted by Gasteiger charge is 2.59. The van der Waals surface area contributed by atoms with E-state index < -0.39 is 0 Å². The second kappa shape index (κ2) is 5.08. The van der Waals surface area contributed by atoms with Crippen molar-refractivity contribution in [2.24, 2.45) is 16.7 Å². The first-order valence-electron chi connectivity index (χ1n) is 7.85. The van der Waals surface area contributed by atoms with Gasteiger partial charge in [0, 0.05) is 12.6 Å². The van der Waals surface area contributed by atoms with Crippen LogP contribution in [0.3, 0.4) is 0 Å². The molecular formula is C16H30N2O. The molecule has 2 N–H and O–H groups in total. The fourth-order valence-corrected chi connectivity index (χ4v) is 4.44. The highest BCUT2D eigenvalue weighted by molar-refractivity contribution is 5.81. The van der Waals surface area contributed by atoms with E-state index >= 15 is 0 Å². The molecule has 0 saturated heterocycles. The molecule has 2 saturated carbocycles. The third kappa shape index (κ3) is 2.54. The fraction of sp³-hybridized carbons (Fsp3) is 0.938. The van der Waals surface area contributed by atoms with E-state index in [-0.39, 0.29) is 11.9 Å². The maximum atomic E-state index is 12.0. The van der Waals surface area contributed by atoms with Crippen LogP contribution in [0.4, 0.5) is 0 Å². The Morgan fingerprint density at radius 3 is 2.58 bits per heavy atom. The van der Waals surface area contributed by atoms with Gasteiger partial charge in [-0.3, -0.25) is 4.79 Å². The average molecular weight is 266 g/mol. The zero-order chi connectivity index (χ0) is 14.3. The molecule has 2 aliphatic carbocycles. The van der Waals surface area contributed by atoms with Crippen LogP contribution >= 0.6 is 0 Å². The van der Waals surface area contributed by atoms with Gasteiger partial charge in [-0.05, 0) is 49.4 Å². The third-order valence-electron chi connectivity index (χ3n) is 5.63. The molecule has 3 heteroatoms. The average Bonchev–Trinajstić information content (AvgIpc) is 2.82. The van der Waals surface area contributed by atoms with E-state index in [1.54, 1.807) is 0 Å². The Morgan fingerprint density at radius 2 is 2.05 bits per heavy atom. The highest BCUT2D eigenvalue weighted by atomic mass is 16.2. The number of rotatable bonds is 5. The van der Waals surface area contributed by atoms with E-state index in [0.717, 1.165) is 18.9 Å². The minimum Gasteiger partial charge on any atom is -0.355 e. The molecule has 2 aliphatic rings. The van der Waals surface area contributed by atoms with Crippen molar-refractivity contribution in [3.8, 4) is 0 Å². The van der Waals surface area contributed by atoms with Crippen LogP contribution in [0.1, 0.15) is 60.3 Å². The summed E-state index contributed by atoms with van der Waals surface area (Å²) < 4.78 is 0. The van der Waals surface area contributed by atoms with E-state index in [0.29, 0.717) is 16.9 Å². The molecule has 19 heavy (non-hydrogen) atoms. The molecule has 2 bridgehead atoms. The normalized spacial score (nSPS) is 37.3. The van der Waals surface area contributed by atoms with E-state index in [1.165, 1.54) is 19.3 Å². The lowest BCUT2D eigenvalue weighted by atomic mass is 9.68. The molecule has 0 aromatic rings. The Morgan fingerprint density at radius 1 is 1.37 bits per heavy atom. The van der Waals surface area contributed by atoms with E-state index in [1.807, 2.05) is 6.92 Å². The Bertz CT molecular complexity index is 348. The minimum absolute atomic E-state index is 0.0907. The van der Waals surface area contributed by atoms with Crippen molar-refractivity contribution in [1.82, 2.24) is 10.6 Å². The summed E-state index contributed by atoms with van der Waals surface area (Å²) in [7, 11) is 0. The number of amides is 1. The number of hydrogen-bond donors (Lipinski definition) is 2. The van der Waals surface area contributed by atoms with Crippen LogP contribution in [0.15, 0.2) is 0 Å². The van der Waals surface area contributed by atoms with Crippen molar-refractivity contribution >= 4 is 5.91 Å². The lowest BCUT2D eigenvalue weighted by Crippen LogP contribution is -2.56. The topological polar surface area (TPSA) is 41.1 Å². The molecule has 2 fully saturated rings. The van der Waals surface area contributed by atoms with Crippen LogP contribution in [0.5, 0.6) is 0 Å². The first-order chi connectivity index (χ1) is 8.81. The van der Waals surface area contributed by atoms with Crippen molar-refractivity contribution < 1.29 is 4.79 Å². The highest BCUT2D eigenvalue weighted by Crippen LogP contribution is 2.62.